The number of rotatable bonds is 3. The van der Waals surface area contributed by atoms with Gasteiger partial charge in [0.15, 0.2) is 0 Å². The molecule has 5 nitrogen and oxygen atoms in total. The molecule has 18 heavy (non-hydrogen) atoms. The summed E-state index contributed by atoms with van der Waals surface area (Å²) in [4.78, 5) is 15.4. The van der Waals surface area contributed by atoms with Crippen molar-refractivity contribution in [3.8, 4) is 0 Å². The number of carbonyl (C=O) groups is 1. The van der Waals surface area contributed by atoms with Gasteiger partial charge in [0.2, 0.25) is 0 Å². The lowest BCUT2D eigenvalue weighted by Gasteiger charge is -2.19. The maximum atomic E-state index is 11.5. The number of nitrogens with one attached hydrogen (secondary N) is 1. The molecule has 0 aliphatic carbocycles. The molecule has 1 aromatic heterocycles. The lowest BCUT2D eigenvalue weighted by Crippen LogP contribution is -2.34. The van der Waals surface area contributed by atoms with Gasteiger partial charge in [0, 0.05) is 12.7 Å². The smallest absolute Gasteiger partial charge is 0.407 e. The van der Waals surface area contributed by atoms with Crippen LogP contribution in [0.5, 0.6) is 0 Å². The highest BCUT2D eigenvalue weighted by atomic mass is 35.5. The van der Waals surface area contributed by atoms with Gasteiger partial charge >= 0.3 is 13.6 Å². The molecule has 2 N–H and O–H groups in total. The Morgan fingerprint density at radius 1 is 1.61 bits per heavy atom. The molecule has 1 amide bonds. The molecule has 7 heteroatoms. The average Bonchev–Trinajstić information content (AvgIpc) is 2.24. The molecule has 0 aliphatic heterocycles. The number of alkyl carbamates (subject to hydrolysis) is 1. The number of carbonyl (C=O) groups excluding carboxylic acids is 1. The number of amides is 1. The molecule has 0 atom stereocenters. The van der Waals surface area contributed by atoms with Crippen LogP contribution in [0.15, 0.2) is 12.3 Å². The number of ether oxygens (including phenoxy) is 1. The fourth-order valence-electron chi connectivity index (χ4n) is 1.28. The average molecular weight is 271 g/mol. The Kier molecular flexibility index (Phi) is 4.98. The summed E-state index contributed by atoms with van der Waals surface area (Å²) < 4.78 is 5.10. The second kappa shape index (κ2) is 6.06. The molecule has 1 rings (SSSR count). The second-order valence-corrected chi connectivity index (χ2v) is 5.18. The topological polar surface area (TPSA) is 71.5 Å². The zero-order chi connectivity index (χ0) is 13.8. The van der Waals surface area contributed by atoms with Gasteiger partial charge in [-0.1, -0.05) is 11.6 Å². The zero-order valence-electron chi connectivity index (χ0n) is 10.7. The predicted octanol–water partition coefficient (Wildman–Crippen LogP) is 0.729. The van der Waals surface area contributed by atoms with Crippen molar-refractivity contribution in [1.82, 2.24) is 10.3 Å². The molecule has 0 saturated heterocycles. The molecule has 0 aromatic carbocycles. The van der Waals surface area contributed by atoms with Crippen LogP contribution >= 0.6 is 11.6 Å². The third-order valence-electron chi connectivity index (χ3n) is 2.04. The largest absolute Gasteiger partial charge is 0.449 e. The number of nitrogens with zero attached hydrogens (tertiary/aromatic N) is 1. The van der Waals surface area contributed by atoms with Crippen LogP contribution in [-0.2, 0) is 11.3 Å². The summed E-state index contributed by atoms with van der Waals surface area (Å²) in [5.74, 6) is 0. The Morgan fingerprint density at radius 3 is 2.83 bits per heavy atom. The van der Waals surface area contributed by atoms with E-state index >= 15 is 0 Å². The summed E-state index contributed by atoms with van der Waals surface area (Å²) in [6.45, 7) is 5.59. The van der Waals surface area contributed by atoms with Crippen molar-refractivity contribution in [3.05, 3.63) is 23.0 Å². The van der Waals surface area contributed by atoms with Crippen LogP contribution in [0, 0.1) is 0 Å². The van der Waals surface area contributed by atoms with Gasteiger partial charge in [-0.15, -0.1) is 0 Å². The lowest BCUT2D eigenvalue weighted by atomic mass is 9.85. The fourth-order valence-corrected chi connectivity index (χ4v) is 1.46. The molecule has 0 saturated carbocycles. The van der Waals surface area contributed by atoms with Crippen molar-refractivity contribution in [3.63, 3.8) is 0 Å². The summed E-state index contributed by atoms with van der Waals surface area (Å²) in [7, 11) is -0.159. The van der Waals surface area contributed by atoms with Gasteiger partial charge in [-0.25, -0.2) is 9.78 Å². The first-order chi connectivity index (χ1) is 8.31. The van der Waals surface area contributed by atoms with Gasteiger partial charge < -0.3 is 15.1 Å². The minimum Gasteiger partial charge on any atom is -0.449 e. The van der Waals surface area contributed by atoms with Gasteiger partial charge in [-0.05, 0) is 37.9 Å². The predicted molar refractivity (Wildman–Crippen MR) is 71.3 cm³/mol. The van der Waals surface area contributed by atoms with Crippen molar-refractivity contribution in [2.24, 2.45) is 0 Å². The van der Waals surface area contributed by atoms with Crippen LogP contribution in [0.2, 0.25) is 5.15 Å². The van der Waals surface area contributed by atoms with E-state index in [-0.39, 0.29) is 14.0 Å². The quantitative estimate of drug-likeness (QED) is 0.627. The van der Waals surface area contributed by atoms with Crippen LogP contribution in [-0.4, -0.2) is 29.2 Å². The van der Waals surface area contributed by atoms with E-state index in [4.69, 9.17) is 21.4 Å². The maximum Gasteiger partial charge on any atom is 0.407 e. The van der Waals surface area contributed by atoms with Crippen molar-refractivity contribution in [2.45, 2.75) is 32.9 Å². The Balaban J connectivity index is 2.61. The molecule has 1 aromatic rings. The van der Waals surface area contributed by atoms with Gasteiger partial charge in [-0.3, -0.25) is 0 Å². The van der Waals surface area contributed by atoms with Gasteiger partial charge in [0.05, 0.1) is 0 Å². The summed E-state index contributed by atoms with van der Waals surface area (Å²) in [6, 6.07) is 1.56. The Labute approximate surface area is 112 Å². The number of hydrogen-bond acceptors (Lipinski definition) is 4. The molecule has 0 fully saturated rings. The number of aromatic nitrogens is 1. The molecule has 1 heterocycles. The highest BCUT2D eigenvalue weighted by molar-refractivity contribution is 6.47. The first-order valence-corrected chi connectivity index (χ1v) is 5.90. The molecule has 0 bridgehead atoms. The van der Waals surface area contributed by atoms with E-state index in [0.29, 0.717) is 16.2 Å². The van der Waals surface area contributed by atoms with Crippen LogP contribution in [0.1, 0.15) is 26.3 Å². The Bertz CT molecular complexity index is 435. The van der Waals surface area contributed by atoms with Crippen LogP contribution in [0.4, 0.5) is 4.79 Å². The SMILES string of the molecule is CC(C)(C)OC(=O)NCc1cnc(Cl)cc1BO. The van der Waals surface area contributed by atoms with Gasteiger partial charge in [0.25, 0.3) is 0 Å². The minimum atomic E-state index is -0.540. The summed E-state index contributed by atoms with van der Waals surface area (Å²) in [5, 5.41) is 12.1. The van der Waals surface area contributed by atoms with E-state index in [2.05, 4.69) is 10.3 Å². The highest BCUT2D eigenvalue weighted by Crippen LogP contribution is 2.07. The second-order valence-electron chi connectivity index (χ2n) is 4.79. The fraction of sp³-hybridized carbons (Fsp3) is 0.455. The van der Waals surface area contributed by atoms with Crippen molar-refractivity contribution in [2.75, 3.05) is 0 Å². The summed E-state index contributed by atoms with van der Waals surface area (Å²) in [6.07, 6.45) is 1.01. The number of pyridine rings is 1. The van der Waals surface area contributed by atoms with Crippen molar-refractivity contribution in [1.29, 1.82) is 0 Å². The third-order valence-corrected chi connectivity index (χ3v) is 2.25. The van der Waals surface area contributed by atoms with E-state index in [1.807, 2.05) is 0 Å². The number of hydrogen-bond donors (Lipinski definition) is 2. The third kappa shape index (κ3) is 4.93. The minimum absolute atomic E-state index is 0.159. The van der Waals surface area contributed by atoms with Crippen molar-refractivity contribution < 1.29 is 14.6 Å². The molecule has 0 spiro atoms. The van der Waals surface area contributed by atoms with E-state index in [0.717, 1.165) is 0 Å². The Hall–Kier alpha value is -1.27. The van der Waals surface area contributed by atoms with E-state index in [1.165, 1.54) is 6.20 Å². The molecule has 0 unspecified atom stereocenters. The molecule has 0 radical (unpaired) electrons. The first-order valence-electron chi connectivity index (χ1n) is 5.53. The maximum absolute atomic E-state index is 11.5. The lowest BCUT2D eigenvalue weighted by molar-refractivity contribution is 0.0523. The summed E-state index contributed by atoms with van der Waals surface area (Å²) >= 11 is 5.71. The number of halogens is 1. The van der Waals surface area contributed by atoms with Crippen LogP contribution in [0.3, 0.4) is 0 Å². The standard InChI is InChI=1S/C11H16BClN2O3/c1-11(2,3)18-10(16)15-6-7-5-14-9(13)4-8(7)12-17/h4-5,12,17H,6H2,1-3H3,(H,15,16). The normalized spacial score (nSPS) is 10.9. The highest BCUT2D eigenvalue weighted by Gasteiger charge is 2.16. The molecular weight excluding hydrogens is 254 g/mol. The van der Waals surface area contributed by atoms with Gasteiger partial charge in [0.1, 0.15) is 10.8 Å². The van der Waals surface area contributed by atoms with E-state index < -0.39 is 11.7 Å². The zero-order valence-corrected chi connectivity index (χ0v) is 11.4. The van der Waals surface area contributed by atoms with E-state index in [1.54, 1.807) is 26.8 Å². The van der Waals surface area contributed by atoms with Gasteiger partial charge in [-0.2, -0.15) is 0 Å². The van der Waals surface area contributed by atoms with Crippen molar-refractivity contribution >= 4 is 30.6 Å². The summed E-state index contributed by atoms with van der Waals surface area (Å²) in [5.41, 5.74) is 0.793. The molecule has 0 aliphatic rings. The first kappa shape index (κ1) is 14.8. The van der Waals surface area contributed by atoms with E-state index in [9.17, 15) is 4.79 Å². The monoisotopic (exact) mass is 270 g/mol. The van der Waals surface area contributed by atoms with Crippen LogP contribution < -0.4 is 10.8 Å². The Morgan fingerprint density at radius 2 is 2.28 bits per heavy atom. The molecule has 98 valence electrons. The molecular formula is C11H16BClN2O3. The van der Waals surface area contributed by atoms with Crippen LogP contribution in [0.25, 0.3) is 0 Å².